The number of hydrogen-bond donors (Lipinski definition) is 1. The maximum Gasteiger partial charge on any atom is 0.243 e. The van der Waals surface area contributed by atoms with Crippen LogP contribution < -0.4 is 5.32 Å². The molecule has 0 spiro atoms. The second-order valence-electron chi connectivity index (χ2n) is 6.73. The highest BCUT2D eigenvalue weighted by atomic mass is 32.2. The highest BCUT2D eigenvalue weighted by molar-refractivity contribution is 7.91. The summed E-state index contributed by atoms with van der Waals surface area (Å²) in [4.78, 5) is 13.0. The summed E-state index contributed by atoms with van der Waals surface area (Å²) in [6.45, 7) is 8.84. The van der Waals surface area contributed by atoms with Crippen molar-refractivity contribution in [3.8, 4) is 0 Å². The summed E-state index contributed by atoms with van der Waals surface area (Å²) in [5.74, 6) is 0.197. The van der Waals surface area contributed by atoms with Crippen LogP contribution in [-0.2, 0) is 41.9 Å². The molecule has 2 rings (SSSR count). The van der Waals surface area contributed by atoms with Crippen molar-refractivity contribution in [2.75, 3.05) is 70.8 Å². The molecule has 1 aliphatic rings. The summed E-state index contributed by atoms with van der Waals surface area (Å²) in [7, 11) is -2.87. The molecule has 0 bridgehead atoms. The summed E-state index contributed by atoms with van der Waals surface area (Å²) in [5.41, 5.74) is 0.821. The first kappa shape index (κ1) is 24.4. The van der Waals surface area contributed by atoms with Crippen LogP contribution in [0.15, 0.2) is 18.9 Å². The Hall–Kier alpha value is -1.86. The lowest BCUT2D eigenvalue weighted by Crippen LogP contribution is -2.39. The normalized spacial score (nSPS) is 16.4. The van der Waals surface area contributed by atoms with Crippen LogP contribution in [0.25, 0.3) is 0 Å². The number of hydrogen-bond acceptors (Lipinski definition) is 9. The number of aromatic nitrogens is 3. The topological polar surface area (TPSA) is 125 Å². The first-order chi connectivity index (χ1) is 14.5. The van der Waals surface area contributed by atoms with Crippen molar-refractivity contribution in [2.45, 2.75) is 13.1 Å². The first-order valence-electron chi connectivity index (χ1n) is 9.94. The van der Waals surface area contributed by atoms with Gasteiger partial charge in [-0.1, -0.05) is 11.8 Å². The van der Waals surface area contributed by atoms with Crippen LogP contribution >= 0.6 is 0 Å². The lowest BCUT2D eigenvalue weighted by atomic mass is 10.4. The predicted molar refractivity (Wildman–Crippen MR) is 110 cm³/mol. The van der Waals surface area contributed by atoms with Gasteiger partial charge >= 0.3 is 0 Å². The van der Waals surface area contributed by atoms with Crippen LogP contribution in [0, 0.1) is 0 Å². The fraction of sp³-hybridized carbons (Fsp3) is 0.722. The number of nitrogens with one attached hydrogen (secondary N) is 1. The SMILES string of the molecule is C=CC(=O)NCCOCCOCCOCCn1cc(CN2CCS(=O)(=O)CC2)nn1. The van der Waals surface area contributed by atoms with E-state index in [1.807, 2.05) is 6.20 Å². The van der Waals surface area contributed by atoms with Crippen LogP contribution in [0.1, 0.15) is 5.69 Å². The summed E-state index contributed by atoms with van der Waals surface area (Å²) in [6, 6.07) is 0. The largest absolute Gasteiger partial charge is 0.377 e. The maximum atomic E-state index is 11.5. The Bertz CT molecular complexity index is 740. The molecule has 170 valence electrons. The maximum absolute atomic E-state index is 11.5. The van der Waals surface area contributed by atoms with Crippen molar-refractivity contribution in [1.82, 2.24) is 25.2 Å². The van der Waals surface area contributed by atoms with E-state index in [1.165, 1.54) is 6.08 Å². The van der Waals surface area contributed by atoms with Crippen LogP contribution in [0.2, 0.25) is 0 Å². The summed E-state index contributed by atoms with van der Waals surface area (Å²) >= 11 is 0. The van der Waals surface area contributed by atoms with E-state index in [0.29, 0.717) is 72.4 Å². The first-order valence-corrected chi connectivity index (χ1v) is 11.8. The lowest BCUT2D eigenvalue weighted by Gasteiger charge is -2.25. The zero-order valence-corrected chi connectivity index (χ0v) is 18.0. The van der Waals surface area contributed by atoms with Crippen LogP contribution in [0.4, 0.5) is 0 Å². The van der Waals surface area contributed by atoms with Crippen molar-refractivity contribution in [3.63, 3.8) is 0 Å². The number of rotatable bonds is 15. The van der Waals surface area contributed by atoms with E-state index in [0.717, 1.165) is 5.69 Å². The van der Waals surface area contributed by atoms with Crippen LogP contribution in [0.3, 0.4) is 0 Å². The average Bonchev–Trinajstić information content (AvgIpc) is 3.17. The van der Waals surface area contributed by atoms with Gasteiger partial charge in [-0.05, 0) is 6.08 Å². The van der Waals surface area contributed by atoms with Gasteiger partial charge in [0.15, 0.2) is 9.84 Å². The van der Waals surface area contributed by atoms with Crippen molar-refractivity contribution < 1.29 is 27.4 Å². The van der Waals surface area contributed by atoms with Gasteiger partial charge in [0.05, 0.1) is 63.4 Å². The van der Waals surface area contributed by atoms with Crippen molar-refractivity contribution in [3.05, 3.63) is 24.5 Å². The molecule has 12 heteroatoms. The van der Waals surface area contributed by atoms with Crippen LogP contribution in [0.5, 0.6) is 0 Å². The zero-order valence-electron chi connectivity index (χ0n) is 17.2. The molecule has 1 aliphatic heterocycles. The minimum absolute atomic E-state index is 0.205. The molecule has 1 aromatic heterocycles. The zero-order chi connectivity index (χ0) is 21.7. The fourth-order valence-electron chi connectivity index (χ4n) is 2.68. The Morgan fingerprint density at radius 3 is 2.40 bits per heavy atom. The van der Waals surface area contributed by atoms with Gasteiger partial charge in [-0.3, -0.25) is 9.69 Å². The number of nitrogens with zero attached hydrogens (tertiary/aromatic N) is 4. The average molecular weight is 446 g/mol. The van der Waals surface area contributed by atoms with Crippen molar-refractivity contribution >= 4 is 15.7 Å². The molecular weight excluding hydrogens is 414 g/mol. The fourth-order valence-corrected chi connectivity index (χ4v) is 3.95. The highest BCUT2D eigenvalue weighted by Gasteiger charge is 2.22. The predicted octanol–water partition coefficient (Wildman–Crippen LogP) is -1.14. The summed E-state index contributed by atoms with van der Waals surface area (Å²) < 4.78 is 40.9. The molecule has 0 saturated carbocycles. The number of carbonyl (C=O) groups is 1. The molecule has 1 amide bonds. The van der Waals surface area contributed by atoms with Crippen LogP contribution in [-0.4, -0.2) is 105 Å². The molecule has 11 nitrogen and oxygen atoms in total. The lowest BCUT2D eigenvalue weighted by molar-refractivity contribution is -0.116. The van der Waals surface area contributed by atoms with E-state index in [1.54, 1.807) is 4.68 Å². The van der Waals surface area contributed by atoms with Gasteiger partial charge in [-0.25, -0.2) is 13.1 Å². The molecule has 0 aliphatic carbocycles. The van der Waals surface area contributed by atoms with Gasteiger partial charge in [0.1, 0.15) is 0 Å². The number of carbonyl (C=O) groups excluding carboxylic acids is 1. The third-order valence-electron chi connectivity index (χ3n) is 4.35. The highest BCUT2D eigenvalue weighted by Crippen LogP contribution is 2.07. The molecule has 1 N–H and O–H groups in total. The molecular formula is C18H31N5O6S. The standard InChI is InChI=1S/C18H31N5O6S/c1-2-18(24)19-3-7-27-9-11-29-12-10-28-8-4-23-16-17(20-21-23)15-22-5-13-30(25,26)14-6-22/h2,16H,1,3-15H2,(H,19,24). The van der Waals surface area contributed by atoms with E-state index >= 15 is 0 Å². The van der Waals surface area contributed by atoms with E-state index in [9.17, 15) is 13.2 Å². The van der Waals surface area contributed by atoms with Gasteiger partial charge < -0.3 is 19.5 Å². The molecule has 0 atom stereocenters. The van der Waals surface area contributed by atoms with E-state index < -0.39 is 9.84 Å². The number of ether oxygens (including phenoxy) is 3. The molecule has 0 aromatic carbocycles. The second-order valence-corrected chi connectivity index (χ2v) is 9.04. The minimum Gasteiger partial charge on any atom is -0.377 e. The Morgan fingerprint density at radius 1 is 1.10 bits per heavy atom. The van der Waals surface area contributed by atoms with Crippen molar-refractivity contribution in [2.24, 2.45) is 0 Å². The summed E-state index contributed by atoms with van der Waals surface area (Å²) in [5, 5.41) is 10.8. The van der Waals surface area contributed by atoms with E-state index in [2.05, 4.69) is 27.1 Å². The van der Waals surface area contributed by atoms with Gasteiger partial charge in [0.25, 0.3) is 0 Å². The molecule has 1 saturated heterocycles. The molecule has 1 fully saturated rings. The molecule has 30 heavy (non-hydrogen) atoms. The quantitative estimate of drug-likeness (QED) is 0.263. The molecule has 0 unspecified atom stereocenters. The van der Waals surface area contributed by atoms with Gasteiger partial charge in [-0.2, -0.15) is 0 Å². The summed E-state index contributed by atoms with van der Waals surface area (Å²) in [6.07, 6.45) is 3.08. The minimum atomic E-state index is -2.87. The third-order valence-corrected chi connectivity index (χ3v) is 5.96. The molecule has 1 aromatic rings. The van der Waals surface area contributed by atoms with Gasteiger partial charge in [0, 0.05) is 32.4 Å². The Morgan fingerprint density at radius 2 is 1.73 bits per heavy atom. The Labute approximate surface area is 177 Å². The smallest absolute Gasteiger partial charge is 0.243 e. The Balaban J connectivity index is 1.42. The number of sulfone groups is 1. The molecule has 0 radical (unpaired) electrons. The molecule has 2 heterocycles. The van der Waals surface area contributed by atoms with Crippen molar-refractivity contribution in [1.29, 1.82) is 0 Å². The van der Waals surface area contributed by atoms with Gasteiger partial charge in [0.2, 0.25) is 5.91 Å². The monoisotopic (exact) mass is 445 g/mol. The second kappa shape index (κ2) is 13.4. The third kappa shape index (κ3) is 10.3. The Kier molecular flexibility index (Phi) is 10.9. The number of amides is 1. The van der Waals surface area contributed by atoms with E-state index in [-0.39, 0.29) is 17.4 Å². The van der Waals surface area contributed by atoms with Gasteiger partial charge in [-0.15, -0.1) is 5.10 Å². The van der Waals surface area contributed by atoms with E-state index in [4.69, 9.17) is 14.2 Å².